The molecule has 3 N–H and O–H groups in total. The number of carboxylic acids is 3. The van der Waals surface area contributed by atoms with E-state index in [1.807, 2.05) is 55.4 Å². The van der Waals surface area contributed by atoms with Gasteiger partial charge in [0.15, 0.2) is 0 Å². The van der Waals surface area contributed by atoms with Crippen molar-refractivity contribution in [3.05, 3.63) is 0 Å². The topological polar surface area (TPSA) is 233 Å². The van der Waals surface area contributed by atoms with Gasteiger partial charge in [0.2, 0.25) is 0 Å². The second-order valence-corrected chi connectivity index (χ2v) is 16.9. The molecule has 0 atom stereocenters. The van der Waals surface area contributed by atoms with Gasteiger partial charge < -0.3 is 34.5 Å². The van der Waals surface area contributed by atoms with Gasteiger partial charge in [-0.25, -0.2) is 9.59 Å². The van der Waals surface area contributed by atoms with E-state index in [0.717, 1.165) is 0 Å². The van der Waals surface area contributed by atoms with Crippen LogP contribution in [0.2, 0.25) is 0 Å². The molecule has 2 aliphatic rings. The maximum Gasteiger partial charge on any atom is 0.339 e. The van der Waals surface area contributed by atoms with Gasteiger partial charge in [0.1, 0.15) is 12.2 Å². The number of esters is 2. The Morgan fingerprint density at radius 2 is 0.745 bits per heavy atom. The molecule has 0 aromatic heterocycles. The van der Waals surface area contributed by atoms with Crippen molar-refractivity contribution in [2.75, 3.05) is 58.9 Å². The molecule has 0 amide bonds. The van der Waals surface area contributed by atoms with Crippen LogP contribution in [0.4, 0.5) is 0 Å². The molecule has 0 saturated carbocycles. The van der Waals surface area contributed by atoms with Gasteiger partial charge in [0.25, 0.3) is 0 Å². The molecular formula is C36H61N5O14. The first-order chi connectivity index (χ1) is 25.1. The quantitative estimate of drug-likeness (QED) is 0.147. The SMILES string of the molecule is CC(=O)OC1CC(C)(C)N(OC(=O)CN(CCN(CC(=O)O)CC(=O)O)CCN(CC(=O)O)CC(=O)ON2C(C)(C)CC(OC(C)=O)CC2(C)C)C(C)(C)C1. The van der Waals surface area contributed by atoms with Crippen LogP contribution in [0.5, 0.6) is 0 Å². The van der Waals surface area contributed by atoms with Gasteiger partial charge >= 0.3 is 41.8 Å². The minimum absolute atomic E-state index is 0.00425. The van der Waals surface area contributed by atoms with Crippen molar-refractivity contribution in [2.24, 2.45) is 0 Å². The highest BCUT2D eigenvalue weighted by Crippen LogP contribution is 2.41. The Bertz CT molecular complexity index is 1360. The number of hydroxylamine groups is 4. The van der Waals surface area contributed by atoms with Gasteiger partial charge in [0.05, 0.1) is 54.9 Å². The molecule has 0 aromatic rings. The first-order valence-electron chi connectivity index (χ1n) is 18.3. The van der Waals surface area contributed by atoms with E-state index in [9.17, 15) is 48.9 Å². The molecule has 2 heterocycles. The first-order valence-corrected chi connectivity index (χ1v) is 18.3. The fourth-order valence-electron chi connectivity index (χ4n) is 7.94. The van der Waals surface area contributed by atoms with Crippen molar-refractivity contribution in [3.8, 4) is 0 Å². The van der Waals surface area contributed by atoms with Crippen LogP contribution in [0, 0.1) is 0 Å². The summed E-state index contributed by atoms with van der Waals surface area (Å²) < 4.78 is 10.9. The lowest BCUT2D eigenvalue weighted by molar-refractivity contribution is -0.278. The molecule has 2 aliphatic heterocycles. The third kappa shape index (κ3) is 15.6. The summed E-state index contributed by atoms with van der Waals surface area (Å²) >= 11 is 0. The van der Waals surface area contributed by atoms with Gasteiger partial charge in [-0.3, -0.25) is 38.7 Å². The van der Waals surface area contributed by atoms with E-state index in [2.05, 4.69) is 0 Å². The van der Waals surface area contributed by atoms with Crippen LogP contribution >= 0.6 is 0 Å². The second kappa shape index (κ2) is 19.3. The zero-order chi connectivity index (χ0) is 42.1. The van der Waals surface area contributed by atoms with E-state index in [1.165, 1.54) is 23.6 Å². The van der Waals surface area contributed by atoms with Crippen LogP contribution in [0.3, 0.4) is 0 Å². The predicted octanol–water partition coefficient (Wildman–Crippen LogP) is 1.23. The smallest absolute Gasteiger partial charge is 0.339 e. The predicted molar refractivity (Wildman–Crippen MR) is 194 cm³/mol. The number of carbonyl (C=O) groups excluding carboxylic acids is 4. The second-order valence-electron chi connectivity index (χ2n) is 16.9. The standard InChI is InChI=1S/C36H61N5O14/c1-24(42)52-26-15-33(3,4)40(34(5,6)16-26)54-31(50)22-37(11-13-38(19-28(44)45)20-29(46)47)12-14-39(21-30(48)49)23-32(51)55-41-35(7,8)17-27(53-25(2)43)18-36(41,9)10/h26-27H,11-23H2,1-10H3,(H,44,45)(H,46,47)(H,48,49). The number of nitrogens with zero attached hydrogens (tertiary/aromatic N) is 5. The summed E-state index contributed by atoms with van der Waals surface area (Å²) in [4.78, 5) is 101. The Morgan fingerprint density at radius 1 is 0.491 bits per heavy atom. The van der Waals surface area contributed by atoms with Crippen molar-refractivity contribution in [2.45, 2.75) is 129 Å². The molecule has 0 radical (unpaired) electrons. The largest absolute Gasteiger partial charge is 0.480 e. The molecule has 0 unspecified atom stereocenters. The molecule has 2 saturated heterocycles. The third-order valence-corrected chi connectivity index (χ3v) is 9.41. The normalized spacial score (nSPS) is 19.9. The zero-order valence-electron chi connectivity index (χ0n) is 33.9. The molecule has 19 heteroatoms. The highest BCUT2D eigenvalue weighted by Gasteiger charge is 2.50. The monoisotopic (exact) mass is 787 g/mol. The van der Waals surface area contributed by atoms with Crippen molar-refractivity contribution >= 4 is 41.8 Å². The minimum atomic E-state index is -1.25. The van der Waals surface area contributed by atoms with Gasteiger partial charge in [-0.1, -0.05) is 0 Å². The molecule has 19 nitrogen and oxygen atoms in total. The van der Waals surface area contributed by atoms with E-state index in [0.29, 0.717) is 25.7 Å². The van der Waals surface area contributed by atoms with Gasteiger partial charge in [-0.15, -0.1) is 10.1 Å². The first kappa shape index (κ1) is 47.2. The summed E-state index contributed by atoms with van der Waals surface area (Å²) in [6.07, 6.45) is 0.723. The van der Waals surface area contributed by atoms with Crippen molar-refractivity contribution in [1.82, 2.24) is 24.8 Å². The van der Waals surface area contributed by atoms with Crippen molar-refractivity contribution in [1.29, 1.82) is 0 Å². The number of aliphatic carboxylic acids is 3. The summed E-state index contributed by atoms with van der Waals surface area (Å²) in [6.45, 7) is 14.7. The Morgan fingerprint density at radius 3 is 1.02 bits per heavy atom. The number of ether oxygens (including phenoxy) is 2. The summed E-state index contributed by atoms with van der Waals surface area (Å²) in [5, 5.41) is 31.5. The number of rotatable bonds is 20. The average molecular weight is 788 g/mol. The number of carboxylic acid groups (broad SMARTS) is 3. The van der Waals surface area contributed by atoms with Crippen molar-refractivity contribution < 1.29 is 68.0 Å². The molecule has 0 bridgehead atoms. The van der Waals surface area contributed by atoms with E-state index in [1.54, 1.807) is 15.0 Å². The average Bonchev–Trinajstić information content (AvgIpc) is 2.95. The molecule has 55 heavy (non-hydrogen) atoms. The molecule has 2 fully saturated rings. The zero-order valence-corrected chi connectivity index (χ0v) is 33.9. The summed E-state index contributed by atoms with van der Waals surface area (Å²) in [7, 11) is 0. The van der Waals surface area contributed by atoms with Crippen LogP contribution in [0.1, 0.15) is 94.9 Å². The molecule has 0 aromatic carbocycles. The summed E-state index contributed by atoms with van der Waals surface area (Å²) in [6, 6.07) is 0. The van der Waals surface area contributed by atoms with E-state index >= 15 is 0 Å². The number of hydrogen-bond acceptors (Lipinski definition) is 16. The number of carbonyl (C=O) groups is 7. The Kier molecular flexibility index (Phi) is 16.6. The van der Waals surface area contributed by atoms with Gasteiger partial charge in [-0.2, -0.15) is 0 Å². The van der Waals surface area contributed by atoms with E-state index in [-0.39, 0.29) is 32.7 Å². The van der Waals surface area contributed by atoms with Crippen LogP contribution in [-0.4, -0.2) is 175 Å². The molecule has 0 spiro atoms. The Balaban J connectivity index is 2.26. The molecular weight excluding hydrogens is 726 g/mol. The van der Waals surface area contributed by atoms with Crippen LogP contribution < -0.4 is 0 Å². The minimum Gasteiger partial charge on any atom is -0.480 e. The maximum absolute atomic E-state index is 13.6. The molecule has 0 aliphatic carbocycles. The number of piperidine rings is 2. The maximum atomic E-state index is 13.6. The fraction of sp³-hybridized carbons (Fsp3) is 0.806. The van der Waals surface area contributed by atoms with Crippen molar-refractivity contribution in [3.63, 3.8) is 0 Å². The van der Waals surface area contributed by atoms with E-state index in [4.69, 9.17) is 19.1 Å². The highest BCUT2D eigenvalue weighted by atomic mass is 16.7. The lowest BCUT2D eigenvalue weighted by Crippen LogP contribution is -2.63. The molecule has 314 valence electrons. The summed E-state index contributed by atoms with van der Waals surface area (Å²) in [5.41, 5.74) is -2.99. The van der Waals surface area contributed by atoms with Gasteiger partial charge in [-0.05, 0) is 55.4 Å². The van der Waals surface area contributed by atoms with Gasteiger partial charge in [0, 0.05) is 65.7 Å². The number of hydrogen-bond donors (Lipinski definition) is 3. The lowest BCUT2D eigenvalue weighted by Gasteiger charge is -2.52. The molecule has 2 rings (SSSR count). The van der Waals surface area contributed by atoms with Crippen LogP contribution in [-0.2, 0) is 52.7 Å². The Hall–Kier alpha value is -3.91. The van der Waals surface area contributed by atoms with Crippen LogP contribution in [0.15, 0.2) is 0 Å². The fourth-order valence-corrected chi connectivity index (χ4v) is 7.94. The van der Waals surface area contributed by atoms with Crippen LogP contribution in [0.25, 0.3) is 0 Å². The van der Waals surface area contributed by atoms with E-state index < -0.39 is 102 Å². The lowest BCUT2D eigenvalue weighted by atomic mass is 9.80. The summed E-state index contributed by atoms with van der Waals surface area (Å²) in [5.74, 6) is -5.99. The Labute approximate surface area is 322 Å². The highest BCUT2D eigenvalue weighted by molar-refractivity contribution is 5.74. The third-order valence-electron chi connectivity index (χ3n) is 9.41.